The SMILES string of the molecule is CC[Si](CC)(CC)CCc1ccco1. The Bertz CT molecular complexity index is 229. The van der Waals surface area contributed by atoms with Crippen LogP contribution in [0.4, 0.5) is 0 Å². The van der Waals surface area contributed by atoms with Crippen molar-refractivity contribution in [3.8, 4) is 0 Å². The lowest BCUT2D eigenvalue weighted by Gasteiger charge is -2.27. The Morgan fingerprint density at radius 2 is 1.79 bits per heavy atom. The predicted octanol–water partition coefficient (Wildman–Crippen LogP) is 4.33. The first-order valence-electron chi connectivity index (χ1n) is 5.78. The van der Waals surface area contributed by atoms with Crippen LogP contribution in [0.25, 0.3) is 0 Å². The van der Waals surface area contributed by atoms with Gasteiger partial charge in [0.1, 0.15) is 5.76 Å². The smallest absolute Gasteiger partial charge is 0.103 e. The molecule has 1 heterocycles. The van der Waals surface area contributed by atoms with Gasteiger partial charge in [-0.15, -0.1) is 0 Å². The first kappa shape index (κ1) is 11.6. The van der Waals surface area contributed by atoms with Crippen molar-refractivity contribution in [2.75, 3.05) is 0 Å². The summed E-state index contributed by atoms with van der Waals surface area (Å²) >= 11 is 0. The molecule has 0 amide bonds. The number of aryl methyl sites for hydroxylation is 1. The van der Waals surface area contributed by atoms with Crippen molar-refractivity contribution in [1.82, 2.24) is 0 Å². The highest BCUT2D eigenvalue weighted by atomic mass is 28.3. The molecule has 0 N–H and O–H groups in total. The topological polar surface area (TPSA) is 13.1 Å². The van der Waals surface area contributed by atoms with Crippen molar-refractivity contribution >= 4 is 8.07 Å². The molecule has 0 aliphatic carbocycles. The van der Waals surface area contributed by atoms with Crippen LogP contribution >= 0.6 is 0 Å². The number of furan rings is 1. The maximum absolute atomic E-state index is 5.38. The minimum atomic E-state index is -0.934. The van der Waals surface area contributed by atoms with Crippen LogP contribution in [0, 0.1) is 0 Å². The van der Waals surface area contributed by atoms with Gasteiger partial charge in [0.05, 0.1) is 14.3 Å². The van der Waals surface area contributed by atoms with Crippen LogP contribution < -0.4 is 0 Å². The quantitative estimate of drug-likeness (QED) is 0.637. The zero-order valence-corrected chi connectivity index (χ0v) is 10.7. The summed E-state index contributed by atoms with van der Waals surface area (Å²) in [5, 5.41) is 0. The lowest BCUT2D eigenvalue weighted by atomic mass is 10.4. The molecule has 0 unspecified atom stereocenters. The molecule has 0 fully saturated rings. The molecular weight excluding hydrogens is 188 g/mol. The first-order chi connectivity index (χ1) is 6.76. The predicted molar refractivity (Wildman–Crippen MR) is 64.4 cm³/mol. The highest BCUT2D eigenvalue weighted by Gasteiger charge is 2.26. The fourth-order valence-electron chi connectivity index (χ4n) is 2.12. The van der Waals surface area contributed by atoms with E-state index in [0.717, 1.165) is 12.2 Å². The molecule has 0 aliphatic rings. The first-order valence-corrected chi connectivity index (χ1v) is 8.61. The summed E-state index contributed by atoms with van der Waals surface area (Å²) in [7, 11) is -0.934. The molecule has 0 spiro atoms. The van der Waals surface area contributed by atoms with E-state index >= 15 is 0 Å². The van der Waals surface area contributed by atoms with Gasteiger partial charge in [0.15, 0.2) is 0 Å². The highest BCUT2D eigenvalue weighted by Crippen LogP contribution is 2.26. The monoisotopic (exact) mass is 210 g/mol. The molecule has 0 bridgehead atoms. The number of hydrogen-bond donors (Lipinski definition) is 0. The number of hydrogen-bond acceptors (Lipinski definition) is 1. The van der Waals surface area contributed by atoms with E-state index in [1.165, 1.54) is 24.2 Å². The van der Waals surface area contributed by atoms with Crippen LogP contribution in [0.15, 0.2) is 22.8 Å². The largest absolute Gasteiger partial charge is 0.469 e. The summed E-state index contributed by atoms with van der Waals surface area (Å²) in [6.07, 6.45) is 2.93. The van der Waals surface area contributed by atoms with E-state index in [1.54, 1.807) is 6.26 Å². The third kappa shape index (κ3) is 2.74. The summed E-state index contributed by atoms with van der Waals surface area (Å²) in [5.74, 6) is 1.16. The minimum Gasteiger partial charge on any atom is -0.469 e. The van der Waals surface area contributed by atoms with Gasteiger partial charge in [0.25, 0.3) is 0 Å². The van der Waals surface area contributed by atoms with Crippen molar-refractivity contribution in [3.05, 3.63) is 24.2 Å². The Morgan fingerprint density at radius 1 is 1.14 bits per heavy atom. The normalized spacial score (nSPS) is 11.9. The fraction of sp³-hybridized carbons (Fsp3) is 0.667. The maximum Gasteiger partial charge on any atom is 0.103 e. The second-order valence-corrected chi connectivity index (χ2v) is 9.76. The van der Waals surface area contributed by atoms with E-state index in [-0.39, 0.29) is 0 Å². The third-order valence-corrected chi connectivity index (χ3v) is 9.54. The molecular formula is C12H22OSi. The molecule has 1 aromatic rings. The molecule has 0 aromatic carbocycles. The van der Waals surface area contributed by atoms with Crippen LogP contribution in [0.2, 0.25) is 24.2 Å². The van der Waals surface area contributed by atoms with Gasteiger partial charge in [0.2, 0.25) is 0 Å². The zero-order valence-electron chi connectivity index (χ0n) is 9.68. The molecule has 0 aliphatic heterocycles. The van der Waals surface area contributed by atoms with Crippen molar-refractivity contribution < 1.29 is 4.42 Å². The molecule has 14 heavy (non-hydrogen) atoms. The molecule has 0 saturated carbocycles. The molecule has 0 radical (unpaired) electrons. The van der Waals surface area contributed by atoms with Crippen LogP contribution in [0.5, 0.6) is 0 Å². The van der Waals surface area contributed by atoms with Gasteiger partial charge in [0, 0.05) is 6.42 Å². The van der Waals surface area contributed by atoms with Gasteiger partial charge in [-0.3, -0.25) is 0 Å². The van der Waals surface area contributed by atoms with Crippen molar-refractivity contribution in [2.45, 2.75) is 51.4 Å². The van der Waals surface area contributed by atoms with Gasteiger partial charge < -0.3 is 4.42 Å². The van der Waals surface area contributed by atoms with Crippen LogP contribution in [-0.2, 0) is 6.42 Å². The average Bonchev–Trinajstić information content (AvgIpc) is 2.74. The number of rotatable bonds is 6. The van der Waals surface area contributed by atoms with Crippen LogP contribution in [-0.4, -0.2) is 8.07 Å². The molecule has 0 saturated heterocycles. The summed E-state index contributed by atoms with van der Waals surface area (Å²) in [5.41, 5.74) is 0. The minimum absolute atomic E-state index is 0.934. The van der Waals surface area contributed by atoms with E-state index in [0.29, 0.717) is 0 Å². The average molecular weight is 210 g/mol. The lowest BCUT2D eigenvalue weighted by molar-refractivity contribution is 0.514. The Kier molecular flexibility index (Phi) is 4.46. The van der Waals surface area contributed by atoms with Gasteiger partial charge >= 0.3 is 0 Å². The van der Waals surface area contributed by atoms with E-state index in [9.17, 15) is 0 Å². The molecule has 80 valence electrons. The third-order valence-electron chi connectivity index (χ3n) is 3.73. The van der Waals surface area contributed by atoms with Gasteiger partial charge in [-0.05, 0) is 12.1 Å². The summed E-state index contributed by atoms with van der Waals surface area (Å²) in [6, 6.07) is 9.73. The van der Waals surface area contributed by atoms with E-state index in [1.807, 2.05) is 6.07 Å². The second-order valence-electron chi connectivity index (χ2n) is 4.14. The van der Waals surface area contributed by atoms with Gasteiger partial charge in [-0.2, -0.15) is 0 Å². The van der Waals surface area contributed by atoms with E-state index in [2.05, 4.69) is 26.8 Å². The van der Waals surface area contributed by atoms with E-state index in [4.69, 9.17) is 4.42 Å². The van der Waals surface area contributed by atoms with Gasteiger partial charge in [-0.25, -0.2) is 0 Å². The fourth-order valence-corrected chi connectivity index (χ4v) is 5.46. The second kappa shape index (κ2) is 5.40. The molecule has 1 aromatic heterocycles. The van der Waals surface area contributed by atoms with Crippen molar-refractivity contribution in [3.63, 3.8) is 0 Å². The summed E-state index contributed by atoms with van der Waals surface area (Å²) in [6.45, 7) is 7.09. The standard InChI is InChI=1S/C12H22OSi/c1-4-14(5-2,6-3)11-9-12-8-7-10-13-12/h7-8,10H,4-6,9,11H2,1-3H3. The lowest BCUT2D eigenvalue weighted by Crippen LogP contribution is -2.31. The molecule has 2 heteroatoms. The Labute approximate surface area is 88.5 Å². The molecule has 1 nitrogen and oxygen atoms in total. The Balaban J connectivity index is 2.48. The van der Waals surface area contributed by atoms with Crippen LogP contribution in [0.1, 0.15) is 26.5 Å². The maximum atomic E-state index is 5.38. The summed E-state index contributed by atoms with van der Waals surface area (Å²) < 4.78 is 5.38. The van der Waals surface area contributed by atoms with Crippen molar-refractivity contribution in [1.29, 1.82) is 0 Å². The van der Waals surface area contributed by atoms with Gasteiger partial charge in [-0.1, -0.05) is 44.9 Å². The summed E-state index contributed by atoms with van der Waals surface area (Å²) in [4.78, 5) is 0. The van der Waals surface area contributed by atoms with Crippen LogP contribution in [0.3, 0.4) is 0 Å². The zero-order chi connectivity index (χ0) is 10.4. The Morgan fingerprint density at radius 3 is 2.21 bits per heavy atom. The molecule has 0 atom stereocenters. The Hall–Kier alpha value is -0.503. The highest BCUT2D eigenvalue weighted by molar-refractivity contribution is 6.79. The molecule has 1 rings (SSSR count). The van der Waals surface area contributed by atoms with Crippen molar-refractivity contribution in [2.24, 2.45) is 0 Å². The van der Waals surface area contributed by atoms with E-state index < -0.39 is 8.07 Å².